The van der Waals surface area contributed by atoms with Crippen molar-refractivity contribution in [2.24, 2.45) is 5.73 Å². The maximum atomic E-state index is 12.2. The first kappa shape index (κ1) is 14.7. The molecule has 0 atom stereocenters. The molecule has 0 radical (unpaired) electrons. The van der Waals surface area contributed by atoms with Gasteiger partial charge in [0.1, 0.15) is 5.69 Å². The van der Waals surface area contributed by atoms with Crippen LogP contribution in [0.1, 0.15) is 16.2 Å². The van der Waals surface area contributed by atoms with Gasteiger partial charge in [0, 0.05) is 20.8 Å². The molecule has 0 fully saturated rings. The van der Waals surface area contributed by atoms with Crippen molar-refractivity contribution in [3.8, 4) is 0 Å². The maximum Gasteiger partial charge on any atom is 0.273 e. The fourth-order valence-corrected chi connectivity index (χ4v) is 3.10. The molecule has 0 aliphatic heterocycles. The van der Waals surface area contributed by atoms with Crippen LogP contribution in [0.2, 0.25) is 0 Å². The molecule has 0 bridgehead atoms. The first-order valence-corrected chi connectivity index (χ1v) is 8.01. The maximum absolute atomic E-state index is 12.2. The Hall–Kier alpha value is -2.19. The zero-order valence-corrected chi connectivity index (χ0v) is 13.6. The van der Waals surface area contributed by atoms with Crippen LogP contribution < -0.4 is 11.1 Å². The van der Waals surface area contributed by atoms with Crippen molar-refractivity contribution < 1.29 is 9.59 Å². The summed E-state index contributed by atoms with van der Waals surface area (Å²) in [5.74, 6) is -0.739. The standard InChI is InChI=1S/C14H11BrN4O2S/c15-8-1-2-10-7(3-8)4-11(18-10)13(21)19-14-17-9(6-22-14)5-12(16)20/h1-4,6,18H,5H2,(H2,16,20)(H,17,19,21). The third kappa shape index (κ3) is 3.18. The molecule has 0 aliphatic carbocycles. The molecule has 4 N–H and O–H groups in total. The van der Waals surface area contributed by atoms with Crippen LogP contribution in [-0.4, -0.2) is 21.8 Å². The van der Waals surface area contributed by atoms with E-state index in [1.807, 2.05) is 18.2 Å². The van der Waals surface area contributed by atoms with Crippen LogP contribution in [0.25, 0.3) is 10.9 Å². The van der Waals surface area contributed by atoms with Crippen molar-refractivity contribution in [1.82, 2.24) is 9.97 Å². The number of thiazole rings is 1. The molecule has 22 heavy (non-hydrogen) atoms. The number of primary amides is 1. The number of nitrogens with one attached hydrogen (secondary N) is 2. The molecule has 0 saturated carbocycles. The van der Waals surface area contributed by atoms with E-state index in [-0.39, 0.29) is 12.3 Å². The number of anilines is 1. The monoisotopic (exact) mass is 378 g/mol. The summed E-state index contributed by atoms with van der Waals surface area (Å²) in [6, 6.07) is 7.49. The summed E-state index contributed by atoms with van der Waals surface area (Å²) in [7, 11) is 0. The fraction of sp³-hybridized carbons (Fsp3) is 0.0714. The highest BCUT2D eigenvalue weighted by molar-refractivity contribution is 9.10. The van der Waals surface area contributed by atoms with E-state index in [9.17, 15) is 9.59 Å². The lowest BCUT2D eigenvalue weighted by molar-refractivity contribution is -0.117. The molecule has 6 nitrogen and oxygen atoms in total. The number of fused-ring (bicyclic) bond motifs is 1. The molecule has 0 spiro atoms. The van der Waals surface area contributed by atoms with Crippen LogP contribution in [-0.2, 0) is 11.2 Å². The number of aromatic amines is 1. The summed E-state index contributed by atoms with van der Waals surface area (Å²) in [5, 5.41) is 5.77. The highest BCUT2D eigenvalue weighted by Gasteiger charge is 2.12. The number of carbonyl (C=O) groups is 2. The molecular weight excluding hydrogens is 368 g/mol. The number of benzene rings is 1. The van der Waals surface area contributed by atoms with Crippen LogP contribution in [0, 0.1) is 0 Å². The van der Waals surface area contributed by atoms with E-state index in [4.69, 9.17) is 5.73 Å². The van der Waals surface area contributed by atoms with Gasteiger partial charge in [-0.05, 0) is 24.3 Å². The number of nitrogens with two attached hydrogens (primary N) is 1. The van der Waals surface area contributed by atoms with Crippen molar-refractivity contribution in [1.29, 1.82) is 0 Å². The number of rotatable bonds is 4. The van der Waals surface area contributed by atoms with Crippen LogP contribution >= 0.6 is 27.3 Å². The van der Waals surface area contributed by atoms with E-state index >= 15 is 0 Å². The Kier molecular flexibility index (Phi) is 3.95. The van der Waals surface area contributed by atoms with Gasteiger partial charge in [0.2, 0.25) is 5.91 Å². The Morgan fingerprint density at radius 2 is 2.18 bits per heavy atom. The molecule has 2 aromatic heterocycles. The summed E-state index contributed by atoms with van der Waals surface area (Å²) in [6.45, 7) is 0. The topological polar surface area (TPSA) is 101 Å². The van der Waals surface area contributed by atoms with Crippen LogP contribution in [0.15, 0.2) is 34.1 Å². The zero-order chi connectivity index (χ0) is 15.7. The van der Waals surface area contributed by atoms with E-state index in [2.05, 4.69) is 31.2 Å². The number of H-pyrrole nitrogens is 1. The summed E-state index contributed by atoms with van der Waals surface area (Å²) in [6.07, 6.45) is 0.0623. The molecule has 112 valence electrons. The van der Waals surface area contributed by atoms with Crippen LogP contribution in [0.5, 0.6) is 0 Å². The minimum Gasteiger partial charge on any atom is -0.369 e. The summed E-state index contributed by atoms with van der Waals surface area (Å²) >= 11 is 4.65. The van der Waals surface area contributed by atoms with Gasteiger partial charge in [-0.2, -0.15) is 0 Å². The highest BCUT2D eigenvalue weighted by Crippen LogP contribution is 2.22. The smallest absolute Gasteiger partial charge is 0.273 e. The van der Waals surface area contributed by atoms with Gasteiger partial charge in [-0.3, -0.25) is 14.9 Å². The second kappa shape index (κ2) is 5.90. The average molecular weight is 379 g/mol. The minimum atomic E-state index is -0.454. The lowest BCUT2D eigenvalue weighted by atomic mass is 10.2. The van der Waals surface area contributed by atoms with E-state index in [1.54, 1.807) is 11.4 Å². The number of halogens is 1. The van der Waals surface area contributed by atoms with Gasteiger partial charge in [0.25, 0.3) is 5.91 Å². The van der Waals surface area contributed by atoms with Gasteiger partial charge in [-0.25, -0.2) is 4.98 Å². The van der Waals surface area contributed by atoms with E-state index in [1.165, 1.54) is 11.3 Å². The molecule has 8 heteroatoms. The number of nitrogens with zero attached hydrogens (tertiary/aromatic N) is 1. The van der Waals surface area contributed by atoms with Crippen LogP contribution in [0.4, 0.5) is 5.13 Å². The third-order valence-corrected chi connectivity index (χ3v) is 4.25. The Labute approximate surface area is 137 Å². The predicted molar refractivity (Wildman–Crippen MR) is 89.0 cm³/mol. The van der Waals surface area contributed by atoms with E-state index < -0.39 is 5.91 Å². The summed E-state index contributed by atoms with van der Waals surface area (Å²) < 4.78 is 0.946. The lowest BCUT2D eigenvalue weighted by Crippen LogP contribution is -2.14. The van der Waals surface area contributed by atoms with Crippen molar-refractivity contribution in [2.75, 3.05) is 5.32 Å². The molecular formula is C14H11BrN4O2S. The predicted octanol–water partition coefficient (Wildman–Crippen LogP) is 2.67. The van der Waals surface area contributed by atoms with Crippen molar-refractivity contribution in [3.05, 3.63) is 45.5 Å². The number of amides is 2. The van der Waals surface area contributed by atoms with Gasteiger partial charge in [-0.15, -0.1) is 11.3 Å². The number of hydrogen-bond donors (Lipinski definition) is 3. The molecule has 0 aliphatic rings. The molecule has 3 rings (SSSR count). The van der Waals surface area contributed by atoms with Crippen molar-refractivity contribution in [3.63, 3.8) is 0 Å². The normalized spacial score (nSPS) is 10.8. The van der Waals surface area contributed by atoms with Gasteiger partial charge in [0.15, 0.2) is 5.13 Å². The number of aromatic nitrogens is 2. The summed E-state index contributed by atoms with van der Waals surface area (Å²) in [5.41, 5.74) is 6.98. The average Bonchev–Trinajstić information content (AvgIpc) is 3.04. The molecule has 2 amide bonds. The number of hydrogen-bond acceptors (Lipinski definition) is 4. The molecule has 1 aromatic carbocycles. The lowest BCUT2D eigenvalue weighted by Gasteiger charge is -1.98. The first-order chi connectivity index (χ1) is 10.5. The SMILES string of the molecule is NC(=O)Cc1csc(NC(=O)c2cc3cc(Br)ccc3[nH]2)n1. The Balaban J connectivity index is 1.77. The Bertz CT molecular complexity index is 871. The third-order valence-electron chi connectivity index (χ3n) is 2.95. The van der Waals surface area contributed by atoms with Gasteiger partial charge >= 0.3 is 0 Å². The van der Waals surface area contributed by atoms with Crippen LogP contribution in [0.3, 0.4) is 0 Å². The van der Waals surface area contributed by atoms with Gasteiger partial charge < -0.3 is 10.7 Å². The van der Waals surface area contributed by atoms with E-state index in [0.29, 0.717) is 16.5 Å². The second-order valence-corrected chi connectivity index (χ2v) is 6.43. The highest BCUT2D eigenvalue weighted by atomic mass is 79.9. The Morgan fingerprint density at radius 1 is 1.36 bits per heavy atom. The first-order valence-electron chi connectivity index (χ1n) is 6.33. The quantitative estimate of drug-likeness (QED) is 0.650. The number of carbonyl (C=O) groups excluding carboxylic acids is 2. The van der Waals surface area contributed by atoms with E-state index in [0.717, 1.165) is 15.4 Å². The Morgan fingerprint density at radius 3 is 2.95 bits per heavy atom. The molecule has 0 unspecified atom stereocenters. The van der Waals surface area contributed by atoms with Gasteiger partial charge in [0.05, 0.1) is 12.1 Å². The minimum absolute atomic E-state index is 0.0623. The largest absolute Gasteiger partial charge is 0.369 e. The fourth-order valence-electron chi connectivity index (χ4n) is 2.01. The van der Waals surface area contributed by atoms with Crippen molar-refractivity contribution >= 4 is 55.1 Å². The second-order valence-electron chi connectivity index (χ2n) is 4.66. The van der Waals surface area contributed by atoms with Gasteiger partial charge in [-0.1, -0.05) is 15.9 Å². The molecule has 2 heterocycles. The molecule has 3 aromatic rings. The molecule has 0 saturated heterocycles. The zero-order valence-electron chi connectivity index (χ0n) is 11.2. The van der Waals surface area contributed by atoms with Crippen molar-refractivity contribution in [2.45, 2.75) is 6.42 Å². The summed E-state index contributed by atoms with van der Waals surface area (Å²) in [4.78, 5) is 30.3.